The van der Waals surface area contributed by atoms with Gasteiger partial charge in [-0.05, 0) is 25.8 Å². The summed E-state index contributed by atoms with van der Waals surface area (Å²) in [7, 11) is 2.00. The third kappa shape index (κ3) is 5.61. The zero-order valence-electron chi connectivity index (χ0n) is 10.7. The van der Waals surface area contributed by atoms with Crippen LogP contribution in [0.1, 0.15) is 47.5 Å². The Kier molecular flexibility index (Phi) is 6.38. The highest BCUT2D eigenvalue weighted by Crippen LogP contribution is 2.19. The second-order valence-corrected chi connectivity index (χ2v) is 5.14. The molecule has 0 aromatic heterocycles. The van der Waals surface area contributed by atoms with E-state index in [0.29, 0.717) is 12.1 Å². The molecule has 2 unspecified atom stereocenters. The van der Waals surface area contributed by atoms with Crippen LogP contribution in [0.4, 0.5) is 0 Å². The summed E-state index contributed by atoms with van der Waals surface area (Å²) in [5.41, 5.74) is 0.265. The van der Waals surface area contributed by atoms with Crippen LogP contribution in [0.3, 0.4) is 0 Å². The van der Waals surface area contributed by atoms with E-state index >= 15 is 0 Å². The van der Waals surface area contributed by atoms with Gasteiger partial charge in [0.15, 0.2) is 0 Å². The molecule has 1 N–H and O–H groups in total. The van der Waals surface area contributed by atoms with Crippen molar-refractivity contribution in [2.24, 2.45) is 5.41 Å². The predicted octanol–water partition coefficient (Wildman–Crippen LogP) is 2.83. The first-order chi connectivity index (χ1) is 6.41. The molecule has 0 saturated carbocycles. The molecule has 0 bridgehead atoms. The number of nitrogens with one attached hydrogen (secondary N) is 1. The van der Waals surface area contributed by atoms with Crippen molar-refractivity contribution in [1.82, 2.24) is 5.32 Å². The smallest absolute Gasteiger partial charge is 0.0628 e. The molecule has 2 heteroatoms. The van der Waals surface area contributed by atoms with Crippen molar-refractivity contribution >= 4 is 0 Å². The lowest BCUT2D eigenvalue weighted by molar-refractivity contribution is 0.0241. The van der Waals surface area contributed by atoms with E-state index in [-0.39, 0.29) is 5.41 Å². The lowest BCUT2D eigenvalue weighted by atomic mass is 9.87. The van der Waals surface area contributed by atoms with Crippen molar-refractivity contribution in [3.8, 4) is 0 Å². The molecule has 0 heterocycles. The standard InChI is InChI=1S/C12H27NO/c1-7-8-10(2)14-9-11(13-6)12(3,4)5/h10-11,13H,7-9H2,1-6H3. The van der Waals surface area contributed by atoms with Gasteiger partial charge in [0.2, 0.25) is 0 Å². The first-order valence-corrected chi connectivity index (χ1v) is 5.70. The minimum Gasteiger partial charge on any atom is -0.377 e. The van der Waals surface area contributed by atoms with E-state index in [2.05, 4.69) is 39.9 Å². The van der Waals surface area contributed by atoms with Crippen LogP contribution in [0.5, 0.6) is 0 Å². The van der Waals surface area contributed by atoms with E-state index < -0.39 is 0 Å². The minimum absolute atomic E-state index is 0.265. The van der Waals surface area contributed by atoms with E-state index in [0.717, 1.165) is 13.0 Å². The topological polar surface area (TPSA) is 21.3 Å². The molecular formula is C12H27NO. The number of ether oxygens (including phenoxy) is 1. The third-order valence-corrected chi connectivity index (χ3v) is 2.64. The van der Waals surface area contributed by atoms with Crippen molar-refractivity contribution in [3.63, 3.8) is 0 Å². The molecule has 2 nitrogen and oxygen atoms in total. The molecule has 0 aliphatic heterocycles. The fourth-order valence-electron chi connectivity index (χ4n) is 1.52. The third-order valence-electron chi connectivity index (χ3n) is 2.64. The lowest BCUT2D eigenvalue weighted by Gasteiger charge is -2.31. The Morgan fingerprint density at radius 3 is 2.21 bits per heavy atom. The molecule has 0 aromatic carbocycles. The quantitative estimate of drug-likeness (QED) is 0.713. The average molecular weight is 201 g/mol. The Labute approximate surface area is 89.4 Å². The van der Waals surface area contributed by atoms with E-state index in [1.165, 1.54) is 6.42 Å². The fraction of sp³-hybridized carbons (Fsp3) is 1.00. The van der Waals surface area contributed by atoms with Gasteiger partial charge in [-0.15, -0.1) is 0 Å². The zero-order chi connectivity index (χ0) is 11.2. The van der Waals surface area contributed by atoms with Crippen molar-refractivity contribution < 1.29 is 4.74 Å². The summed E-state index contributed by atoms with van der Waals surface area (Å²) < 4.78 is 5.80. The number of rotatable bonds is 6. The van der Waals surface area contributed by atoms with Gasteiger partial charge in [0.05, 0.1) is 12.7 Å². The monoisotopic (exact) mass is 201 g/mol. The van der Waals surface area contributed by atoms with Crippen LogP contribution in [0.15, 0.2) is 0 Å². The van der Waals surface area contributed by atoms with E-state index in [9.17, 15) is 0 Å². The first-order valence-electron chi connectivity index (χ1n) is 5.70. The molecule has 86 valence electrons. The Balaban J connectivity index is 3.84. The molecular weight excluding hydrogens is 174 g/mol. The fourth-order valence-corrected chi connectivity index (χ4v) is 1.52. The van der Waals surface area contributed by atoms with Crippen LogP contribution in [0.2, 0.25) is 0 Å². The van der Waals surface area contributed by atoms with Crippen LogP contribution >= 0.6 is 0 Å². The average Bonchev–Trinajstić information content (AvgIpc) is 2.03. The van der Waals surface area contributed by atoms with Gasteiger partial charge in [0, 0.05) is 6.04 Å². The molecule has 0 amide bonds. The van der Waals surface area contributed by atoms with Gasteiger partial charge in [-0.1, -0.05) is 34.1 Å². The maximum Gasteiger partial charge on any atom is 0.0628 e. The highest BCUT2D eigenvalue weighted by molar-refractivity contribution is 4.78. The van der Waals surface area contributed by atoms with Gasteiger partial charge in [-0.25, -0.2) is 0 Å². The summed E-state index contributed by atoms with van der Waals surface area (Å²) in [4.78, 5) is 0. The second-order valence-electron chi connectivity index (χ2n) is 5.14. The molecule has 0 aliphatic rings. The minimum atomic E-state index is 0.265. The van der Waals surface area contributed by atoms with Crippen LogP contribution in [-0.4, -0.2) is 25.8 Å². The molecule has 0 spiro atoms. The maximum absolute atomic E-state index is 5.80. The van der Waals surface area contributed by atoms with E-state index in [1.807, 2.05) is 7.05 Å². The van der Waals surface area contributed by atoms with E-state index in [1.54, 1.807) is 0 Å². The van der Waals surface area contributed by atoms with Gasteiger partial charge in [0.1, 0.15) is 0 Å². The van der Waals surface area contributed by atoms with Crippen molar-refractivity contribution in [3.05, 3.63) is 0 Å². The largest absolute Gasteiger partial charge is 0.377 e. The van der Waals surface area contributed by atoms with Gasteiger partial charge >= 0.3 is 0 Å². The van der Waals surface area contributed by atoms with Crippen LogP contribution in [0, 0.1) is 5.41 Å². The molecule has 0 aliphatic carbocycles. The lowest BCUT2D eigenvalue weighted by Crippen LogP contribution is -2.42. The molecule has 0 aromatic rings. The first kappa shape index (κ1) is 13.9. The highest BCUT2D eigenvalue weighted by Gasteiger charge is 2.23. The highest BCUT2D eigenvalue weighted by atomic mass is 16.5. The Morgan fingerprint density at radius 1 is 1.29 bits per heavy atom. The predicted molar refractivity (Wildman–Crippen MR) is 62.6 cm³/mol. The van der Waals surface area contributed by atoms with Crippen LogP contribution in [-0.2, 0) is 4.74 Å². The normalized spacial score (nSPS) is 16.7. The van der Waals surface area contributed by atoms with Crippen LogP contribution in [0.25, 0.3) is 0 Å². The molecule has 2 atom stereocenters. The van der Waals surface area contributed by atoms with Gasteiger partial charge in [-0.2, -0.15) is 0 Å². The van der Waals surface area contributed by atoms with Gasteiger partial charge in [-0.3, -0.25) is 0 Å². The number of likely N-dealkylation sites (N-methyl/N-ethyl adjacent to an activating group) is 1. The Morgan fingerprint density at radius 2 is 1.86 bits per heavy atom. The Hall–Kier alpha value is -0.0800. The van der Waals surface area contributed by atoms with E-state index in [4.69, 9.17) is 4.74 Å². The summed E-state index contributed by atoms with van der Waals surface area (Å²) in [6.07, 6.45) is 2.74. The number of hydrogen-bond donors (Lipinski definition) is 1. The molecule has 14 heavy (non-hydrogen) atoms. The second kappa shape index (κ2) is 6.41. The number of hydrogen-bond acceptors (Lipinski definition) is 2. The van der Waals surface area contributed by atoms with Gasteiger partial charge in [0.25, 0.3) is 0 Å². The summed E-state index contributed by atoms with van der Waals surface area (Å²) in [6, 6.07) is 0.432. The summed E-state index contributed by atoms with van der Waals surface area (Å²) >= 11 is 0. The van der Waals surface area contributed by atoms with Gasteiger partial charge < -0.3 is 10.1 Å². The SMILES string of the molecule is CCCC(C)OCC(NC)C(C)(C)C. The molecule has 0 saturated heterocycles. The maximum atomic E-state index is 5.80. The molecule has 0 radical (unpaired) electrons. The van der Waals surface area contributed by atoms with Crippen LogP contribution < -0.4 is 5.32 Å². The van der Waals surface area contributed by atoms with Crippen molar-refractivity contribution in [1.29, 1.82) is 0 Å². The summed E-state index contributed by atoms with van der Waals surface area (Å²) in [6.45, 7) is 11.9. The van der Waals surface area contributed by atoms with Crippen molar-refractivity contribution in [2.75, 3.05) is 13.7 Å². The summed E-state index contributed by atoms with van der Waals surface area (Å²) in [5.74, 6) is 0. The molecule has 0 rings (SSSR count). The Bertz CT molecular complexity index is 140. The molecule has 0 fully saturated rings. The summed E-state index contributed by atoms with van der Waals surface area (Å²) in [5, 5.41) is 3.31. The zero-order valence-corrected chi connectivity index (χ0v) is 10.7. The van der Waals surface area contributed by atoms with Crippen molar-refractivity contribution in [2.45, 2.75) is 59.6 Å².